The normalized spacial score (nSPS) is 10.3. The molecule has 0 atom stereocenters. The number of nitrogens with one attached hydrogen (secondary N) is 1. The van der Waals surface area contributed by atoms with E-state index in [0.717, 1.165) is 0 Å². The Balaban J connectivity index is 1.72. The zero-order valence-electron chi connectivity index (χ0n) is 13.8. The van der Waals surface area contributed by atoms with E-state index < -0.39 is 4.92 Å². The lowest BCUT2D eigenvalue weighted by Gasteiger charge is -2.08. The summed E-state index contributed by atoms with van der Waals surface area (Å²) in [6.07, 6.45) is 1.41. The van der Waals surface area contributed by atoms with Gasteiger partial charge in [-0.2, -0.15) is 0 Å². The fraction of sp³-hybridized carbons (Fsp3) is 0.278. The van der Waals surface area contributed by atoms with Gasteiger partial charge in [0.05, 0.1) is 11.5 Å². The van der Waals surface area contributed by atoms with E-state index >= 15 is 0 Å². The van der Waals surface area contributed by atoms with Crippen molar-refractivity contribution in [3.63, 3.8) is 0 Å². The van der Waals surface area contributed by atoms with E-state index in [1.54, 1.807) is 25.1 Å². The van der Waals surface area contributed by atoms with E-state index in [9.17, 15) is 19.3 Å². The molecule has 0 aliphatic heterocycles. The number of halogens is 1. The summed E-state index contributed by atoms with van der Waals surface area (Å²) in [5, 5.41) is 13.6. The Morgan fingerprint density at radius 2 is 1.92 bits per heavy atom. The summed E-state index contributed by atoms with van der Waals surface area (Å²) in [6.45, 7) is 2.60. The monoisotopic (exact) mass is 346 g/mol. The first-order valence-corrected chi connectivity index (χ1v) is 7.88. The van der Waals surface area contributed by atoms with Gasteiger partial charge in [-0.3, -0.25) is 14.9 Å². The smallest absolute Gasteiger partial charge is 0.270 e. The summed E-state index contributed by atoms with van der Waals surface area (Å²) in [7, 11) is 0. The number of carbonyl (C=O) groups is 1. The number of rotatable bonds is 8. The number of aryl methyl sites for hydroxylation is 1. The zero-order chi connectivity index (χ0) is 18.2. The van der Waals surface area contributed by atoms with Crippen molar-refractivity contribution >= 4 is 11.6 Å². The number of hydrogen-bond acceptors (Lipinski definition) is 4. The minimum atomic E-state index is -0.517. The average molecular weight is 346 g/mol. The first-order chi connectivity index (χ1) is 12.0. The molecule has 2 aromatic carbocycles. The van der Waals surface area contributed by atoms with E-state index in [-0.39, 0.29) is 23.0 Å². The molecule has 0 heterocycles. The van der Waals surface area contributed by atoms with Crippen molar-refractivity contribution in [3.05, 3.63) is 69.5 Å². The lowest BCUT2D eigenvalue weighted by Crippen LogP contribution is -2.24. The number of nitro groups is 1. The second-order valence-electron chi connectivity index (χ2n) is 5.58. The maximum absolute atomic E-state index is 12.8. The maximum atomic E-state index is 12.8. The Morgan fingerprint density at radius 1 is 1.20 bits per heavy atom. The molecule has 0 radical (unpaired) electrons. The first-order valence-electron chi connectivity index (χ1n) is 7.88. The highest BCUT2D eigenvalue weighted by Gasteiger charge is 2.12. The number of ether oxygens (including phenoxy) is 1. The molecule has 1 amide bonds. The van der Waals surface area contributed by atoms with E-state index in [4.69, 9.17) is 4.74 Å². The van der Waals surface area contributed by atoms with Gasteiger partial charge in [0.25, 0.3) is 11.6 Å². The maximum Gasteiger partial charge on any atom is 0.270 e. The topological polar surface area (TPSA) is 81.5 Å². The highest BCUT2D eigenvalue weighted by molar-refractivity contribution is 5.95. The Bertz CT molecular complexity index is 747. The predicted molar refractivity (Wildman–Crippen MR) is 91.3 cm³/mol. The molecule has 0 aromatic heterocycles. The van der Waals surface area contributed by atoms with Crippen LogP contribution in [0.4, 0.5) is 10.1 Å². The number of amides is 1. The van der Waals surface area contributed by atoms with E-state index in [2.05, 4.69) is 5.32 Å². The highest BCUT2D eigenvalue weighted by atomic mass is 19.1. The summed E-state index contributed by atoms with van der Waals surface area (Å²) < 4.78 is 18.2. The van der Waals surface area contributed by atoms with Crippen LogP contribution in [0.15, 0.2) is 42.5 Å². The summed E-state index contributed by atoms with van der Waals surface area (Å²) in [4.78, 5) is 22.4. The van der Waals surface area contributed by atoms with Crippen molar-refractivity contribution < 1.29 is 18.8 Å². The SMILES string of the molecule is Cc1cc(C(=O)NCCCCOc2ccc(F)cc2)cc([N+](=O)[O-])c1. The van der Waals surface area contributed by atoms with Crippen molar-refractivity contribution in [2.45, 2.75) is 19.8 Å². The highest BCUT2D eigenvalue weighted by Crippen LogP contribution is 2.16. The Labute approximate surface area is 144 Å². The van der Waals surface area contributed by atoms with Gasteiger partial charge < -0.3 is 10.1 Å². The Hall–Kier alpha value is -2.96. The summed E-state index contributed by atoms with van der Waals surface area (Å²) in [5.41, 5.74) is 0.833. The number of unbranched alkanes of at least 4 members (excludes halogenated alkanes) is 1. The van der Waals surface area contributed by atoms with Crippen molar-refractivity contribution in [2.24, 2.45) is 0 Å². The molecule has 0 bridgehead atoms. The fourth-order valence-electron chi connectivity index (χ4n) is 2.25. The molecule has 1 N–H and O–H groups in total. The lowest BCUT2D eigenvalue weighted by molar-refractivity contribution is -0.384. The van der Waals surface area contributed by atoms with E-state index in [0.29, 0.717) is 37.3 Å². The molecular formula is C18H19FN2O4. The van der Waals surface area contributed by atoms with Gasteiger partial charge in [0, 0.05) is 24.2 Å². The molecule has 6 nitrogen and oxygen atoms in total. The number of hydrogen-bond donors (Lipinski definition) is 1. The molecule has 0 fully saturated rings. The van der Waals surface area contributed by atoms with Crippen LogP contribution in [0, 0.1) is 22.9 Å². The second-order valence-corrected chi connectivity index (χ2v) is 5.58. The van der Waals surface area contributed by atoms with Crippen LogP contribution in [-0.2, 0) is 0 Å². The number of nitro benzene ring substituents is 1. The molecular weight excluding hydrogens is 327 g/mol. The van der Waals surface area contributed by atoms with Crippen LogP contribution in [0.2, 0.25) is 0 Å². The lowest BCUT2D eigenvalue weighted by atomic mass is 10.1. The number of carbonyl (C=O) groups excluding carboxylic acids is 1. The number of nitrogens with zero attached hydrogens (tertiary/aromatic N) is 1. The standard InChI is InChI=1S/C18H19FN2O4/c1-13-10-14(12-16(11-13)21(23)24)18(22)20-8-2-3-9-25-17-6-4-15(19)5-7-17/h4-7,10-12H,2-3,8-9H2,1H3,(H,20,22). The van der Waals surface area contributed by atoms with Crippen molar-refractivity contribution in [3.8, 4) is 5.75 Å². The van der Waals surface area contributed by atoms with Gasteiger partial charge in [0.1, 0.15) is 11.6 Å². The molecule has 0 aliphatic rings. The van der Waals surface area contributed by atoms with Gasteiger partial charge in [0.2, 0.25) is 0 Å². The fourth-order valence-corrected chi connectivity index (χ4v) is 2.25. The van der Waals surface area contributed by atoms with Gasteiger partial charge in [-0.1, -0.05) is 0 Å². The quantitative estimate of drug-likeness (QED) is 0.449. The van der Waals surface area contributed by atoms with Crippen molar-refractivity contribution in [1.82, 2.24) is 5.32 Å². The van der Waals surface area contributed by atoms with Gasteiger partial charge >= 0.3 is 0 Å². The average Bonchev–Trinajstić information content (AvgIpc) is 2.58. The summed E-state index contributed by atoms with van der Waals surface area (Å²) >= 11 is 0. The Kier molecular flexibility index (Phi) is 6.45. The molecule has 0 saturated heterocycles. The van der Waals surface area contributed by atoms with Crippen molar-refractivity contribution in [2.75, 3.05) is 13.2 Å². The predicted octanol–water partition coefficient (Wildman–Crippen LogP) is 3.63. The van der Waals surface area contributed by atoms with Crippen LogP contribution >= 0.6 is 0 Å². The van der Waals surface area contributed by atoms with Crippen LogP contribution in [0.25, 0.3) is 0 Å². The molecule has 0 aliphatic carbocycles. The minimum absolute atomic E-state index is 0.0992. The second kappa shape index (κ2) is 8.77. The largest absolute Gasteiger partial charge is 0.494 e. The van der Waals surface area contributed by atoms with Crippen LogP contribution in [0.5, 0.6) is 5.75 Å². The van der Waals surface area contributed by atoms with Crippen LogP contribution in [0.1, 0.15) is 28.8 Å². The van der Waals surface area contributed by atoms with Crippen molar-refractivity contribution in [1.29, 1.82) is 0 Å². The van der Waals surface area contributed by atoms with Gasteiger partial charge in [-0.25, -0.2) is 4.39 Å². The molecule has 25 heavy (non-hydrogen) atoms. The van der Waals surface area contributed by atoms with Gasteiger partial charge in [-0.05, 0) is 55.7 Å². The van der Waals surface area contributed by atoms with E-state index in [1.807, 2.05) is 0 Å². The number of non-ortho nitro benzene ring substituents is 1. The Morgan fingerprint density at radius 3 is 2.60 bits per heavy atom. The van der Waals surface area contributed by atoms with Crippen LogP contribution < -0.4 is 10.1 Å². The molecule has 2 rings (SSSR count). The third-order valence-corrected chi connectivity index (χ3v) is 3.47. The molecule has 0 spiro atoms. The third-order valence-electron chi connectivity index (χ3n) is 3.47. The molecule has 0 saturated carbocycles. The van der Waals surface area contributed by atoms with Crippen LogP contribution in [0.3, 0.4) is 0 Å². The molecule has 132 valence electrons. The zero-order valence-corrected chi connectivity index (χ0v) is 13.8. The van der Waals surface area contributed by atoms with Crippen LogP contribution in [-0.4, -0.2) is 24.0 Å². The summed E-state index contributed by atoms with van der Waals surface area (Å²) in [5.74, 6) is -0.0600. The number of benzene rings is 2. The van der Waals surface area contributed by atoms with Gasteiger partial charge in [0.15, 0.2) is 0 Å². The minimum Gasteiger partial charge on any atom is -0.494 e. The third kappa shape index (κ3) is 5.87. The molecule has 0 unspecified atom stereocenters. The van der Waals surface area contributed by atoms with Gasteiger partial charge in [-0.15, -0.1) is 0 Å². The summed E-state index contributed by atoms with van der Waals surface area (Å²) in [6, 6.07) is 10.1. The van der Waals surface area contributed by atoms with E-state index in [1.165, 1.54) is 24.3 Å². The first kappa shape index (κ1) is 18.4. The molecule has 2 aromatic rings. The molecule has 7 heteroatoms.